The zero-order chi connectivity index (χ0) is 39.0. The van der Waals surface area contributed by atoms with E-state index in [1.165, 1.54) is 132 Å². The van der Waals surface area contributed by atoms with Crippen molar-refractivity contribution in [2.75, 3.05) is 0 Å². The van der Waals surface area contributed by atoms with E-state index in [0.717, 1.165) is 12.8 Å². The van der Waals surface area contributed by atoms with Crippen LogP contribution >= 0.6 is 0 Å². The van der Waals surface area contributed by atoms with Gasteiger partial charge in [0.05, 0.1) is 5.41 Å². The Balaban J connectivity index is 1.09. The van der Waals surface area contributed by atoms with Gasteiger partial charge in [-0.25, -0.2) is 0 Å². The van der Waals surface area contributed by atoms with Gasteiger partial charge < -0.3 is 0 Å². The molecule has 0 saturated carbocycles. The van der Waals surface area contributed by atoms with Gasteiger partial charge in [0.25, 0.3) is 0 Å². The molecule has 2 aliphatic carbocycles. The number of fused-ring (bicyclic) bond motifs is 3. The molecule has 0 heterocycles. The van der Waals surface area contributed by atoms with Crippen LogP contribution in [0.4, 0.5) is 0 Å². The summed E-state index contributed by atoms with van der Waals surface area (Å²) < 4.78 is 0. The van der Waals surface area contributed by atoms with Crippen molar-refractivity contribution in [2.45, 2.75) is 32.1 Å². The van der Waals surface area contributed by atoms with Crippen LogP contribution < -0.4 is 0 Å². The Kier molecular flexibility index (Phi) is 6.72. The summed E-state index contributed by atoms with van der Waals surface area (Å²) in [5.74, 6) is 0. The lowest BCUT2D eigenvalue weighted by Gasteiger charge is -2.34. The summed E-state index contributed by atoms with van der Waals surface area (Å²) in [5.41, 5.74) is 18.0. The first-order chi connectivity index (χ1) is 29.0. The van der Waals surface area contributed by atoms with E-state index in [0.29, 0.717) is 0 Å². The third kappa shape index (κ3) is 4.49. The van der Waals surface area contributed by atoms with Crippen LogP contribution in [0.3, 0.4) is 0 Å². The summed E-state index contributed by atoms with van der Waals surface area (Å²) >= 11 is 0. The molecule has 11 aromatic rings. The number of aryl methyl sites for hydroxylation is 4. The molecule has 0 atom stereocenters. The molecule has 0 heteroatoms. The molecule has 0 radical (unpaired) electrons. The highest BCUT2D eigenvalue weighted by Crippen LogP contribution is 2.58. The monoisotopic (exact) mass is 748 g/mol. The van der Waals surface area contributed by atoms with Gasteiger partial charge in [-0.2, -0.15) is 0 Å². The Morgan fingerprint density at radius 2 is 0.831 bits per heavy atom. The second-order valence-corrected chi connectivity index (χ2v) is 17.2. The van der Waals surface area contributed by atoms with E-state index in [1.807, 2.05) is 0 Å². The van der Waals surface area contributed by atoms with Gasteiger partial charge in [-0.15, -0.1) is 0 Å². The van der Waals surface area contributed by atoms with E-state index in [4.69, 9.17) is 0 Å². The molecular formula is C59H40. The smallest absolute Gasteiger partial charge is 0.0614 e. The van der Waals surface area contributed by atoms with Crippen molar-refractivity contribution in [1.82, 2.24) is 0 Å². The molecule has 0 saturated heterocycles. The molecule has 0 nitrogen and oxygen atoms in total. The second-order valence-electron chi connectivity index (χ2n) is 17.2. The molecule has 0 fully saturated rings. The first-order valence-corrected chi connectivity index (χ1v) is 21.1. The maximum Gasteiger partial charge on any atom is 0.0714 e. The summed E-state index contributed by atoms with van der Waals surface area (Å²) in [4.78, 5) is 0. The Hall–Kier alpha value is -7.02. The largest absolute Gasteiger partial charge is 0.0714 e. The molecule has 11 aromatic carbocycles. The summed E-state index contributed by atoms with van der Waals surface area (Å²) in [7, 11) is 0. The van der Waals surface area contributed by atoms with E-state index in [2.05, 4.69) is 196 Å². The summed E-state index contributed by atoms with van der Waals surface area (Å²) in [6, 6.07) is 70.2. The van der Waals surface area contributed by atoms with Crippen molar-refractivity contribution in [3.05, 3.63) is 226 Å². The fourth-order valence-electron chi connectivity index (χ4n) is 11.4. The third-order valence-corrected chi connectivity index (χ3v) is 14.1. The zero-order valence-electron chi connectivity index (χ0n) is 33.2. The third-order valence-electron chi connectivity index (χ3n) is 14.1. The zero-order valence-corrected chi connectivity index (χ0v) is 33.2. The van der Waals surface area contributed by atoms with E-state index >= 15 is 0 Å². The van der Waals surface area contributed by atoms with Crippen LogP contribution in [-0.2, 0) is 18.3 Å². The summed E-state index contributed by atoms with van der Waals surface area (Å²) in [6.45, 7) is 4.40. The van der Waals surface area contributed by atoms with Crippen molar-refractivity contribution in [3.63, 3.8) is 0 Å². The van der Waals surface area contributed by atoms with E-state index in [-0.39, 0.29) is 0 Å². The molecule has 0 spiro atoms. The normalized spacial score (nSPS) is 13.9. The first-order valence-electron chi connectivity index (χ1n) is 21.1. The molecule has 59 heavy (non-hydrogen) atoms. The van der Waals surface area contributed by atoms with E-state index in [1.54, 1.807) is 0 Å². The Morgan fingerprint density at radius 1 is 0.356 bits per heavy atom. The maximum absolute atomic E-state index is 2.56. The Bertz CT molecular complexity index is 3480. The molecule has 0 bridgehead atoms. The lowest BCUT2D eigenvalue weighted by atomic mass is 9.67. The standard InChI is InChI=1S/C59H40/c1-35-9-23-45(24-10-35)59(46-25-11-36(2)12-26-46)53-33-43(47-27-17-41-15-13-37-5-3-7-39-19-31-51(47)57(41)55(37)39)21-29-49(53)50-30-22-44(34-54(50)59)48-28-18-42-16-14-38-6-4-8-40-20-32-52(48)58(42)56(38)40/h3-19,21-31,33-34H,20,32H2,1-2H3. The van der Waals surface area contributed by atoms with Crippen molar-refractivity contribution in [1.29, 1.82) is 0 Å². The number of benzene rings is 11. The number of hydrogen-bond acceptors (Lipinski definition) is 0. The van der Waals surface area contributed by atoms with Crippen molar-refractivity contribution in [3.8, 4) is 33.4 Å². The maximum atomic E-state index is 2.56. The molecule has 0 N–H and O–H groups in total. The van der Waals surface area contributed by atoms with Gasteiger partial charge in [0, 0.05) is 0 Å². The molecule has 13 rings (SSSR count). The predicted molar refractivity (Wildman–Crippen MR) is 250 cm³/mol. The molecule has 0 aliphatic heterocycles. The van der Waals surface area contributed by atoms with Crippen LogP contribution in [0.2, 0.25) is 0 Å². The first kappa shape index (κ1) is 33.0. The van der Waals surface area contributed by atoms with Gasteiger partial charge >= 0.3 is 0 Å². The van der Waals surface area contributed by atoms with Crippen LogP contribution in [0.1, 0.15) is 44.5 Å². The Labute approximate surface area is 344 Å². The molecule has 0 unspecified atom stereocenters. The SMILES string of the molecule is Cc1ccc(C2(c3ccc(C)cc3)c3cc(-c4ccc5ccc6cccc7c6c5c4CC7)ccc3-c3ccc(-c4ccc5ccc6cccc7ccc4c5c67)cc32)cc1. The fourth-order valence-corrected chi connectivity index (χ4v) is 11.4. The Morgan fingerprint density at radius 3 is 1.46 bits per heavy atom. The molecule has 2 aliphatic rings. The summed E-state index contributed by atoms with van der Waals surface area (Å²) in [5, 5.41) is 13.5. The molecule has 0 amide bonds. The van der Waals surface area contributed by atoms with E-state index < -0.39 is 5.41 Å². The highest BCUT2D eigenvalue weighted by molar-refractivity contribution is 6.25. The van der Waals surface area contributed by atoms with Gasteiger partial charge in [-0.3, -0.25) is 0 Å². The molecular weight excluding hydrogens is 709 g/mol. The topological polar surface area (TPSA) is 0 Å². The predicted octanol–water partition coefficient (Wildman–Crippen LogP) is 15.3. The van der Waals surface area contributed by atoms with Gasteiger partial charge in [0.2, 0.25) is 0 Å². The van der Waals surface area contributed by atoms with Crippen LogP contribution in [0.5, 0.6) is 0 Å². The van der Waals surface area contributed by atoms with Crippen LogP contribution in [0, 0.1) is 13.8 Å². The lowest BCUT2D eigenvalue weighted by Crippen LogP contribution is -2.28. The average Bonchev–Trinajstić information content (AvgIpc) is 3.57. The van der Waals surface area contributed by atoms with Gasteiger partial charge in [0.1, 0.15) is 0 Å². The molecule has 276 valence electrons. The number of hydrogen-bond donors (Lipinski definition) is 0. The minimum atomic E-state index is -0.532. The van der Waals surface area contributed by atoms with E-state index in [9.17, 15) is 0 Å². The van der Waals surface area contributed by atoms with Crippen molar-refractivity contribution in [2.24, 2.45) is 0 Å². The van der Waals surface area contributed by atoms with Crippen molar-refractivity contribution >= 4 is 53.9 Å². The highest BCUT2D eigenvalue weighted by Gasteiger charge is 2.46. The second kappa shape index (κ2) is 12.0. The minimum Gasteiger partial charge on any atom is -0.0614 e. The van der Waals surface area contributed by atoms with Gasteiger partial charge in [0.15, 0.2) is 0 Å². The van der Waals surface area contributed by atoms with Gasteiger partial charge in [-0.05, 0) is 159 Å². The summed E-state index contributed by atoms with van der Waals surface area (Å²) in [6.07, 6.45) is 2.11. The van der Waals surface area contributed by atoms with Crippen LogP contribution in [0.15, 0.2) is 182 Å². The minimum absolute atomic E-state index is 0.532. The van der Waals surface area contributed by atoms with Gasteiger partial charge in [-0.1, -0.05) is 181 Å². The lowest BCUT2D eigenvalue weighted by molar-refractivity contribution is 0.768. The number of rotatable bonds is 4. The van der Waals surface area contributed by atoms with Crippen LogP contribution in [-0.4, -0.2) is 0 Å². The average molecular weight is 749 g/mol. The molecule has 0 aromatic heterocycles. The van der Waals surface area contributed by atoms with Crippen LogP contribution in [0.25, 0.3) is 87.2 Å². The quantitative estimate of drug-likeness (QED) is 0.157. The highest BCUT2D eigenvalue weighted by atomic mass is 14.5. The fraction of sp³-hybridized carbons (Fsp3) is 0.0847. The van der Waals surface area contributed by atoms with Crippen molar-refractivity contribution < 1.29 is 0 Å².